The van der Waals surface area contributed by atoms with Crippen LogP contribution in [0.5, 0.6) is 0 Å². The van der Waals surface area contributed by atoms with E-state index >= 15 is 0 Å². The van der Waals surface area contributed by atoms with Crippen molar-refractivity contribution in [2.45, 2.75) is 83.6 Å². The normalized spacial score (nSPS) is 24.6. The molecule has 6 heteroatoms. The van der Waals surface area contributed by atoms with Gasteiger partial charge in [0.2, 0.25) is 0 Å². The van der Waals surface area contributed by atoms with Gasteiger partial charge in [0, 0.05) is 12.6 Å². The second kappa shape index (κ2) is 7.77. The number of rotatable bonds is 4. The van der Waals surface area contributed by atoms with Crippen LogP contribution in [0.25, 0.3) is 0 Å². The SMILES string of the molecule is CC(C)(C)OC(=O)NC1CCC(CNS(=O)C(C)(C)C)CC1. The van der Waals surface area contributed by atoms with Crippen molar-refractivity contribution in [3.05, 3.63) is 0 Å². The van der Waals surface area contributed by atoms with Crippen molar-refractivity contribution in [2.24, 2.45) is 5.92 Å². The summed E-state index contributed by atoms with van der Waals surface area (Å²) in [6.45, 7) is 12.3. The van der Waals surface area contributed by atoms with Crippen LogP contribution in [0.3, 0.4) is 0 Å². The van der Waals surface area contributed by atoms with Gasteiger partial charge in [0.1, 0.15) is 5.60 Å². The van der Waals surface area contributed by atoms with Gasteiger partial charge in [0.15, 0.2) is 0 Å². The van der Waals surface area contributed by atoms with Crippen LogP contribution < -0.4 is 10.0 Å². The molecule has 0 radical (unpaired) electrons. The number of ether oxygens (including phenoxy) is 1. The molecule has 0 aromatic carbocycles. The van der Waals surface area contributed by atoms with Crippen molar-refractivity contribution < 1.29 is 13.7 Å². The van der Waals surface area contributed by atoms with Crippen LogP contribution in [0.4, 0.5) is 4.79 Å². The van der Waals surface area contributed by atoms with E-state index in [4.69, 9.17) is 4.74 Å². The third-order valence-corrected chi connectivity index (χ3v) is 5.17. The first-order valence-corrected chi connectivity index (χ1v) is 9.27. The predicted octanol–water partition coefficient (Wildman–Crippen LogP) is 3.12. The van der Waals surface area contributed by atoms with Crippen molar-refractivity contribution in [2.75, 3.05) is 6.54 Å². The Labute approximate surface area is 137 Å². The van der Waals surface area contributed by atoms with E-state index in [1.54, 1.807) is 0 Å². The highest BCUT2D eigenvalue weighted by molar-refractivity contribution is 7.84. The molecule has 0 aliphatic heterocycles. The van der Waals surface area contributed by atoms with Crippen molar-refractivity contribution in [1.82, 2.24) is 10.0 Å². The lowest BCUT2D eigenvalue weighted by atomic mass is 9.86. The smallest absolute Gasteiger partial charge is 0.407 e. The van der Waals surface area contributed by atoms with E-state index in [0.717, 1.165) is 32.2 Å². The fourth-order valence-electron chi connectivity index (χ4n) is 2.40. The molecule has 130 valence electrons. The Balaban J connectivity index is 2.26. The lowest BCUT2D eigenvalue weighted by Gasteiger charge is -2.30. The third-order valence-electron chi connectivity index (χ3n) is 3.63. The molecule has 1 rings (SSSR count). The summed E-state index contributed by atoms with van der Waals surface area (Å²) >= 11 is 0. The summed E-state index contributed by atoms with van der Waals surface area (Å²) in [7, 11) is -1.01. The van der Waals surface area contributed by atoms with Gasteiger partial charge < -0.3 is 10.1 Å². The summed E-state index contributed by atoms with van der Waals surface area (Å²) in [4.78, 5) is 11.7. The number of carbonyl (C=O) groups excluding carboxylic acids is 1. The standard InChI is InChI=1S/C16H32N2O3S/c1-15(2,3)21-14(19)18-13-9-7-12(8-10-13)11-17-22(20)16(4,5)6/h12-13,17H,7-11H2,1-6H3,(H,18,19). The first-order chi connectivity index (χ1) is 9.97. The minimum atomic E-state index is -1.01. The van der Waals surface area contributed by atoms with E-state index in [-0.39, 0.29) is 16.9 Å². The average molecular weight is 333 g/mol. The molecule has 0 spiro atoms. The molecular weight excluding hydrogens is 300 g/mol. The molecular formula is C16H32N2O3S. The third kappa shape index (κ3) is 7.58. The molecule has 0 saturated heterocycles. The van der Waals surface area contributed by atoms with Crippen LogP contribution >= 0.6 is 0 Å². The topological polar surface area (TPSA) is 67.4 Å². The highest BCUT2D eigenvalue weighted by Gasteiger charge is 2.26. The molecule has 0 heterocycles. The van der Waals surface area contributed by atoms with E-state index in [1.165, 1.54) is 0 Å². The summed E-state index contributed by atoms with van der Waals surface area (Å²) in [6, 6.07) is 0.194. The van der Waals surface area contributed by atoms with E-state index in [9.17, 15) is 9.00 Å². The maximum Gasteiger partial charge on any atom is 0.407 e. The van der Waals surface area contributed by atoms with E-state index in [1.807, 2.05) is 41.5 Å². The van der Waals surface area contributed by atoms with Crippen LogP contribution in [0.1, 0.15) is 67.2 Å². The molecule has 1 fully saturated rings. The number of hydrogen-bond acceptors (Lipinski definition) is 3. The van der Waals surface area contributed by atoms with E-state index in [2.05, 4.69) is 10.0 Å². The van der Waals surface area contributed by atoms with Crippen LogP contribution in [0.15, 0.2) is 0 Å². The molecule has 5 nitrogen and oxygen atoms in total. The van der Waals surface area contributed by atoms with E-state index < -0.39 is 16.6 Å². The quantitative estimate of drug-likeness (QED) is 0.831. The van der Waals surface area contributed by atoms with Crippen LogP contribution in [0.2, 0.25) is 0 Å². The van der Waals surface area contributed by atoms with Gasteiger partial charge in [-0.2, -0.15) is 0 Å². The zero-order valence-corrected chi connectivity index (χ0v) is 15.6. The van der Waals surface area contributed by atoms with Gasteiger partial charge in [-0.3, -0.25) is 0 Å². The molecule has 1 amide bonds. The Hall–Kier alpha value is -0.620. The molecule has 0 aromatic heterocycles. The second-order valence-electron chi connectivity index (χ2n) is 8.09. The maximum absolute atomic E-state index is 12.0. The second-order valence-corrected chi connectivity index (χ2v) is 10.1. The minimum absolute atomic E-state index is 0.194. The molecule has 1 aliphatic carbocycles. The van der Waals surface area contributed by atoms with Crippen molar-refractivity contribution >= 4 is 17.1 Å². The van der Waals surface area contributed by atoms with Crippen LogP contribution in [-0.4, -0.2) is 33.2 Å². The Morgan fingerprint density at radius 1 is 1.09 bits per heavy atom. The Kier molecular flexibility index (Phi) is 6.86. The Bertz CT molecular complexity index is 391. The molecule has 1 saturated carbocycles. The first kappa shape index (κ1) is 19.4. The number of carbonyl (C=O) groups is 1. The lowest BCUT2D eigenvalue weighted by molar-refractivity contribution is 0.0487. The number of amides is 1. The predicted molar refractivity (Wildman–Crippen MR) is 91.0 cm³/mol. The van der Waals surface area contributed by atoms with Crippen molar-refractivity contribution in [3.8, 4) is 0 Å². The van der Waals surface area contributed by atoms with Crippen molar-refractivity contribution in [1.29, 1.82) is 0 Å². The van der Waals surface area contributed by atoms with Crippen molar-refractivity contribution in [3.63, 3.8) is 0 Å². The molecule has 22 heavy (non-hydrogen) atoms. The van der Waals surface area contributed by atoms with Gasteiger partial charge in [0.05, 0.1) is 15.7 Å². The Morgan fingerprint density at radius 2 is 1.64 bits per heavy atom. The number of alkyl carbamates (subject to hydrolysis) is 1. The first-order valence-electron chi connectivity index (χ1n) is 8.12. The zero-order valence-electron chi connectivity index (χ0n) is 14.8. The summed E-state index contributed by atoms with van der Waals surface area (Å²) in [6.07, 6.45) is 3.65. The van der Waals surface area contributed by atoms with Gasteiger partial charge in [0.25, 0.3) is 0 Å². The zero-order chi connectivity index (χ0) is 17.0. The Morgan fingerprint density at radius 3 is 2.09 bits per heavy atom. The summed E-state index contributed by atoms with van der Waals surface area (Å²) in [5, 5.41) is 2.94. The summed E-state index contributed by atoms with van der Waals surface area (Å²) in [5.74, 6) is 0.531. The maximum atomic E-state index is 12.0. The van der Waals surface area contributed by atoms with Gasteiger partial charge >= 0.3 is 6.09 Å². The fraction of sp³-hybridized carbons (Fsp3) is 0.938. The number of hydrogen-bond donors (Lipinski definition) is 2. The molecule has 2 N–H and O–H groups in total. The fourth-order valence-corrected chi connectivity index (χ4v) is 3.22. The molecule has 1 aliphatic rings. The lowest BCUT2D eigenvalue weighted by Crippen LogP contribution is -2.42. The van der Waals surface area contributed by atoms with Gasteiger partial charge in [-0.25, -0.2) is 13.7 Å². The van der Waals surface area contributed by atoms with Crippen LogP contribution in [-0.2, 0) is 15.7 Å². The molecule has 1 unspecified atom stereocenters. The van der Waals surface area contributed by atoms with Gasteiger partial charge in [-0.1, -0.05) is 0 Å². The van der Waals surface area contributed by atoms with E-state index in [0.29, 0.717) is 5.92 Å². The number of nitrogens with one attached hydrogen (secondary N) is 2. The average Bonchev–Trinajstić information content (AvgIpc) is 2.34. The monoisotopic (exact) mass is 332 g/mol. The minimum Gasteiger partial charge on any atom is -0.444 e. The molecule has 1 atom stereocenters. The summed E-state index contributed by atoms with van der Waals surface area (Å²) < 4.78 is 20.2. The highest BCUT2D eigenvalue weighted by Crippen LogP contribution is 2.24. The van der Waals surface area contributed by atoms with Crippen LogP contribution in [0, 0.1) is 5.92 Å². The van der Waals surface area contributed by atoms with Gasteiger partial charge in [-0.15, -0.1) is 0 Å². The summed E-state index contributed by atoms with van der Waals surface area (Å²) in [5.41, 5.74) is -0.456. The molecule has 0 aromatic rings. The van der Waals surface area contributed by atoms with Gasteiger partial charge in [-0.05, 0) is 73.1 Å². The highest BCUT2D eigenvalue weighted by atomic mass is 32.2. The molecule has 0 bridgehead atoms. The largest absolute Gasteiger partial charge is 0.444 e.